The lowest BCUT2D eigenvalue weighted by Gasteiger charge is -2.19. The largest absolute Gasteiger partial charge is 0.496 e. The lowest BCUT2D eigenvalue weighted by atomic mass is 10.2. The van der Waals surface area contributed by atoms with E-state index in [1.807, 2.05) is 0 Å². The van der Waals surface area contributed by atoms with Crippen LogP contribution in [-0.2, 0) is 21.4 Å². The van der Waals surface area contributed by atoms with Gasteiger partial charge in [-0.25, -0.2) is 13.1 Å². The van der Waals surface area contributed by atoms with Gasteiger partial charge < -0.3 is 14.2 Å². The van der Waals surface area contributed by atoms with E-state index in [1.165, 1.54) is 18.9 Å². The van der Waals surface area contributed by atoms with E-state index in [2.05, 4.69) is 9.88 Å². The fourth-order valence-corrected chi connectivity index (χ4v) is 4.18. The Bertz CT molecular complexity index is 907. The van der Waals surface area contributed by atoms with E-state index in [-0.39, 0.29) is 35.2 Å². The van der Waals surface area contributed by atoms with Crippen molar-refractivity contribution >= 4 is 27.5 Å². The molecule has 0 fully saturated rings. The first-order valence-electron chi connectivity index (χ1n) is 8.14. The minimum absolute atomic E-state index is 0.00197. The zero-order chi connectivity index (χ0) is 20.2. The molecule has 0 aliphatic carbocycles. The predicted octanol–water partition coefficient (Wildman–Crippen LogP) is 2.28. The average molecular weight is 416 g/mol. The fourth-order valence-electron chi connectivity index (χ4n) is 2.63. The van der Waals surface area contributed by atoms with Crippen molar-refractivity contribution in [3.05, 3.63) is 40.2 Å². The zero-order valence-electron chi connectivity index (χ0n) is 15.6. The molecule has 148 valence electrons. The van der Waals surface area contributed by atoms with Crippen LogP contribution in [0.15, 0.2) is 27.6 Å². The van der Waals surface area contributed by atoms with Gasteiger partial charge in [0.2, 0.25) is 15.9 Å². The van der Waals surface area contributed by atoms with Gasteiger partial charge in [-0.05, 0) is 32.0 Å². The molecule has 0 radical (unpaired) electrons. The highest BCUT2D eigenvalue weighted by Crippen LogP contribution is 2.24. The number of benzene rings is 1. The van der Waals surface area contributed by atoms with E-state index < -0.39 is 10.0 Å². The second kappa shape index (κ2) is 8.73. The zero-order valence-corrected chi connectivity index (χ0v) is 17.1. The molecule has 0 saturated heterocycles. The number of hydrogen-bond acceptors (Lipinski definition) is 6. The second-order valence-corrected chi connectivity index (χ2v) is 8.15. The standard InChI is InChI=1S/C17H22ClN3O5S/c1-11-17(12(2)26-20-11)27(23,24)19-8-7-16(22)21(3)10-13-9-14(18)5-6-15(13)25-4/h5-6,9,19H,7-8,10H2,1-4H3. The molecule has 0 bridgehead atoms. The molecule has 0 saturated carbocycles. The second-order valence-electron chi connectivity index (χ2n) is 6.01. The van der Waals surface area contributed by atoms with Crippen LogP contribution in [0.1, 0.15) is 23.4 Å². The highest BCUT2D eigenvalue weighted by Gasteiger charge is 2.24. The van der Waals surface area contributed by atoms with Crippen LogP contribution in [0.25, 0.3) is 0 Å². The number of sulfonamides is 1. The van der Waals surface area contributed by atoms with E-state index in [9.17, 15) is 13.2 Å². The van der Waals surface area contributed by atoms with Gasteiger partial charge in [-0.1, -0.05) is 16.8 Å². The number of halogens is 1. The molecule has 0 spiro atoms. The van der Waals surface area contributed by atoms with E-state index in [4.69, 9.17) is 20.9 Å². The van der Waals surface area contributed by atoms with E-state index >= 15 is 0 Å². The summed E-state index contributed by atoms with van der Waals surface area (Å²) in [6.45, 7) is 3.32. The van der Waals surface area contributed by atoms with E-state index in [0.717, 1.165) is 5.56 Å². The topological polar surface area (TPSA) is 102 Å². The van der Waals surface area contributed by atoms with Crippen LogP contribution in [0.3, 0.4) is 0 Å². The predicted molar refractivity (Wildman–Crippen MR) is 100 cm³/mol. The molecule has 0 atom stereocenters. The van der Waals surface area contributed by atoms with Gasteiger partial charge in [0.05, 0.1) is 7.11 Å². The van der Waals surface area contributed by atoms with Gasteiger partial charge in [-0.2, -0.15) is 0 Å². The molecular formula is C17H22ClN3O5S. The summed E-state index contributed by atoms with van der Waals surface area (Å²) < 4.78 is 37.2. The quantitative estimate of drug-likeness (QED) is 0.709. The van der Waals surface area contributed by atoms with Crippen LogP contribution in [0.5, 0.6) is 5.75 Å². The van der Waals surface area contributed by atoms with Gasteiger partial charge in [0.25, 0.3) is 0 Å². The third-order valence-corrected chi connectivity index (χ3v) is 5.88. The summed E-state index contributed by atoms with van der Waals surface area (Å²) in [4.78, 5) is 13.8. The molecule has 2 aromatic rings. The molecule has 0 aliphatic rings. The number of hydrogen-bond donors (Lipinski definition) is 1. The smallest absolute Gasteiger partial charge is 0.245 e. The number of carbonyl (C=O) groups excluding carboxylic acids is 1. The third kappa shape index (κ3) is 5.21. The Labute approximate surface area is 163 Å². The summed E-state index contributed by atoms with van der Waals surface area (Å²) in [6.07, 6.45) is 0.00197. The molecule has 0 unspecified atom stereocenters. The minimum Gasteiger partial charge on any atom is -0.496 e. The molecule has 1 aromatic heterocycles. The van der Waals surface area contributed by atoms with Crippen molar-refractivity contribution in [2.75, 3.05) is 20.7 Å². The molecule has 2 rings (SSSR count). The van der Waals surface area contributed by atoms with Crippen molar-refractivity contribution in [2.24, 2.45) is 0 Å². The molecule has 1 heterocycles. The maximum Gasteiger partial charge on any atom is 0.245 e. The van der Waals surface area contributed by atoms with Crippen LogP contribution in [0.4, 0.5) is 0 Å². The Morgan fingerprint density at radius 3 is 2.67 bits per heavy atom. The van der Waals surface area contributed by atoms with Crippen LogP contribution in [-0.4, -0.2) is 45.1 Å². The van der Waals surface area contributed by atoms with Crippen LogP contribution in [0.2, 0.25) is 5.02 Å². The van der Waals surface area contributed by atoms with Crippen LogP contribution in [0, 0.1) is 13.8 Å². The van der Waals surface area contributed by atoms with Crippen molar-refractivity contribution in [2.45, 2.75) is 31.7 Å². The summed E-state index contributed by atoms with van der Waals surface area (Å²) in [6, 6.07) is 5.16. The Morgan fingerprint density at radius 1 is 1.37 bits per heavy atom. The van der Waals surface area contributed by atoms with E-state index in [0.29, 0.717) is 17.3 Å². The van der Waals surface area contributed by atoms with E-state index in [1.54, 1.807) is 32.2 Å². The SMILES string of the molecule is COc1ccc(Cl)cc1CN(C)C(=O)CCNS(=O)(=O)c1c(C)noc1C. The van der Waals surface area contributed by atoms with Crippen LogP contribution >= 0.6 is 11.6 Å². The molecule has 1 aromatic carbocycles. The lowest BCUT2D eigenvalue weighted by molar-refractivity contribution is -0.130. The monoisotopic (exact) mass is 415 g/mol. The summed E-state index contributed by atoms with van der Waals surface area (Å²) in [5, 5.41) is 4.17. The fraction of sp³-hybridized carbons (Fsp3) is 0.412. The van der Waals surface area contributed by atoms with Crippen molar-refractivity contribution in [1.82, 2.24) is 14.8 Å². The number of carbonyl (C=O) groups is 1. The summed E-state index contributed by atoms with van der Waals surface area (Å²) >= 11 is 6.00. The molecule has 8 nitrogen and oxygen atoms in total. The summed E-state index contributed by atoms with van der Waals surface area (Å²) in [5.41, 5.74) is 1.04. The van der Waals surface area contributed by atoms with Gasteiger partial charge in [0.1, 0.15) is 16.3 Å². The molecule has 0 aliphatic heterocycles. The first kappa shape index (κ1) is 21.2. The minimum atomic E-state index is -3.79. The van der Waals surface area contributed by atoms with Crippen molar-refractivity contribution in [3.63, 3.8) is 0 Å². The molecule has 1 amide bonds. The highest BCUT2D eigenvalue weighted by atomic mass is 35.5. The Balaban J connectivity index is 1.95. The van der Waals surface area contributed by atoms with Crippen LogP contribution < -0.4 is 9.46 Å². The number of ether oxygens (including phenoxy) is 1. The first-order valence-corrected chi connectivity index (χ1v) is 10.0. The molecule has 1 N–H and O–H groups in total. The molecule has 27 heavy (non-hydrogen) atoms. The van der Waals surface area contributed by atoms with Gasteiger partial charge in [0.15, 0.2) is 5.76 Å². The number of rotatable bonds is 8. The summed E-state index contributed by atoms with van der Waals surface area (Å²) in [5.74, 6) is 0.605. The van der Waals surface area contributed by atoms with Crippen molar-refractivity contribution in [1.29, 1.82) is 0 Å². The molecule has 10 heteroatoms. The Kier molecular flexibility index (Phi) is 6.85. The lowest BCUT2D eigenvalue weighted by Crippen LogP contribution is -2.32. The van der Waals surface area contributed by atoms with Gasteiger partial charge in [-0.15, -0.1) is 0 Å². The van der Waals surface area contributed by atoms with Crippen molar-refractivity contribution in [3.8, 4) is 5.75 Å². The average Bonchev–Trinajstić information content (AvgIpc) is 2.94. The molecular weight excluding hydrogens is 394 g/mol. The number of aryl methyl sites for hydroxylation is 2. The number of methoxy groups -OCH3 is 1. The Morgan fingerprint density at radius 2 is 2.07 bits per heavy atom. The van der Waals surface area contributed by atoms with Crippen molar-refractivity contribution < 1.29 is 22.5 Å². The maximum atomic E-state index is 12.3. The third-order valence-electron chi connectivity index (χ3n) is 3.94. The first-order chi connectivity index (χ1) is 12.7. The van der Waals surface area contributed by atoms with Gasteiger partial charge in [0, 0.05) is 37.1 Å². The number of nitrogens with one attached hydrogen (secondary N) is 1. The Hall–Kier alpha value is -2.10. The number of nitrogens with zero attached hydrogens (tertiary/aromatic N) is 2. The number of aromatic nitrogens is 1. The maximum absolute atomic E-state index is 12.3. The highest BCUT2D eigenvalue weighted by molar-refractivity contribution is 7.89. The summed E-state index contributed by atoms with van der Waals surface area (Å²) in [7, 11) is -0.619. The van der Waals surface area contributed by atoms with Gasteiger partial charge in [-0.3, -0.25) is 4.79 Å². The number of amides is 1. The normalized spacial score (nSPS) is 11.4. The van der Waals surface area contributed by atoms with Gasteiger partial charge >= 0.3 is 0 Å².